The third kappa shape index (κ3) is 2.95. The lowest BCUT2D eigenvalue weighted by Crippen LogP contribution is -2.04. The molecule has 5 heteroatoms. The van der Waals surface area contributed by atoms with E-state index in [0.29, 0.717) is 28.9 Å². The number of halogens is 1. The lowest BCUT2D eigenvalue weighted by atomic mass is 10.1. The van der Waals surface area contributed by atoms with E-state index in [2.05, 4.69) is 15.9 Å². The van der Waals surface area contributed by atoms with Crippen LogP contribution >= 0.6 is 15.9 Å². The van der Waals surface area contributed by atoms with Gasteiger partial charge in [-0.05, 0) is 36.2 Å². The Labute approximate surface area is 157 Å². The molecule has 130 valence electrons. The third-order valence-electron chi connectivity index (χ3n) is 4.27. The van der Waals surface area contributed by atoms with E-state index in [4.69, 9.17) is 9.15 Å². The number of benzene rings is 3. The van der Waals surface area contributed by atoms with Gasteiger partial charge in [-0.1, -0.05) is 40.2 Å². The Morgan fingerprint density at radius 3 is 2.65 bits per heavy atom. The van der Waals surface area contributed by atoms with E-state index < -0.39 is 0 Å². The van der Waals surface area contributed by atoms with Gasteiger partial charge < -0.3 is 14.3 Å². The Balaban J connectivity index is 1.78. The first-order valence-electron chi connectivity index (χ1n) is 8.09. The fourth-order valence-corrected chi connectivity index (χ4v) is 3.19. The summed E-state index contributed by atoms with van der Waals surface area (Å²) < 4.78 is 12.7. The first kappa shape index (κ1) is 16.7. The van der Waals surface area contributed by atoms with Gasteiger partial charge in [-0.2, -0.15) is 0 Å². The van der Waals surface area contributed by atoms with E-state index in [-0.39, 0.29) is 16.6 Å². The van der Waals surface area contributed by atoms with Gasteiger partial charge in [-0.15, -0.1) is 0 Å². The molecule has 0 fully saturated rings. The SMILES string of the molecule is Cc1cccc2c(=O)c3c(O)cc(OCc4ccc(Br)cc4)cc3oc12. The monoisotopic (exact) mass is 410 g/mol. The van der Waals surface area contributed by atoms with Crippen molar-refractivity contribution >= 4 is 37.9 Å². The minimum Gasteiger partial charge on any atom is -0.507 e. The van der Waals surface area contributed by atoms with Gasteiger partial charge in [0.1, 0.15) is 34.7 Å². The molecule has 3 aromatic carbocycles. The number of phenols is 1. The van der Waals surface area contributed by atoms with Crippen LogP contribution in [0.3, 0.4) is 0 Å². The maximum absolute atomic E-state index is 12.7. The topological polar surface area (TPSA) is 59.7 Å². The molecule has 0 aliphatic heterocycles. The molecule has 0 radical (unpaired) electrons. The molecule has 4 nitrogen and oxygen atoms in total. The molecule has 0 amide bonds. The number of hydrogen-bond donors (Lipinski definition) is 1. The zero-order valence-corrected chi connectivity index (χ0v) is 15.5. The highest BCUT2D eigenvalue weighted by atomic mass is 79.9. The van der Waals surface area contributed by atoms with Gasteiger partial charge in [-0.3, -0.25) is 4.79 Å². The number of fused-ring (bicyclic) bond motifs is 2. The Morgan fingerprint density at radius 2 is 1.88 bits per heavy atom. The maximum Gasteiger partial charge on any atom is 0.204 e. The van der Waals surface area contributed by atoms with Crippen LogP contribution in [0.15, 0.2) is 68.3 Å². The zero-order chi connectivity index (χ0) is 18.3. The number of hydrogen-bond acceptors (Lipinski definition) is 4. The van der Waals surface area contributed by atoms with Gasteiger partial charge in [0.25, 0.3) is 0 Å². The lowest BCUT2D eigenvalue weighted by molar-refractivity contribution is 0.304. The van der Waals surface area contributed by atoms with Gasteiger partial charge in [-0.25, -0.2) is 0 Å². The van der Waals surface area contributed by atoms with E-state index in [9.17, 15) is 9.90 Å². The first-order valence-corrected chi connectivity index (χ1v) is 8.88. The zero-order valence-electron chi connectivity index (χ0n) is 14.0. The number of aromatic hydroxyl groups is 1. The Morgan fingerprint density at radius 1 is 1.12 bits per heavy atom. The fourth-order valence-electron chi connectivity index (χ4n) is 2.93. The third-order valence-corrected chi connectivity index (χ3v) is 4.80. The highest BCUT2D eigenvalue weighted by Crippen LogP contribution is 2.31. The smallest absolute Gasteiger partial charge is 0.204 e. The van der Waals surface area contributed by atoms with E-state index in [1.165, 1.54) is 6.07 Å². The van der Waals surface area contributed by atoms with Crippen molar-refractivity contribution in [2.75, 3.05) is 0 Å². The van der Waals surface area contributed by atoms with Crippen LogP contribution in [0.5, 0.6) is 11.5 Å². The molecule has 0 aliphatic carbocycles. The standard InChI is InChI=1S/C21H15BrO4/c1-12-3-2-4-16-20(24)19-17(23)9-15(10-18(19)26-21(12)16)25-11-13-5-7-14(22)8-6-13/h2-10,23H,11H2,1H3. The summed E-state index contributed by atoms with van der Waals surface area (Å²) in [5.74, 6) is 0.291. The number of phenolic OH excluding ortho intramolecular Hbond substituents is 1. The molecule has 0 saturated heterocycles. The molecule has 0 atom stereocenters. The second-order valence-electron chi connectivity index (χ2n) is 6.11. The quantitative estimate of drug-likeness (QED) is 0.465. The largest absolute Gasteiger partial charge is 0.507 e. The van der Waals surface area contributed by atoms with Crippen LogP contribution in [0.1, 0.15) is 11.1 Å². The first-order chi connectivity index (χ1) is 12.5. The molecular formula is C21H15BrO4. The summed E-state index contributed by atoms with van der Waals surface area (Å²) in [6.45, 7) is 2.22. The predicted octanol–water partition coefficient (Wildman–Crippen LogP) is 5.30. The van der Waals surface area contributed by atoms with Crippen LogP contribution in [0.2, 0.25) is 0 Å². The van der Waals surface area contributed by atoms with Crippen LogP contribution in [0.4, 0.5) is 0 Å². The molecule has 1 aromatic heterocycles. The molecule has 1 N–H and O–H groups in total. The molecule has 0 aliphatic rings. The van der Waals surface area contributed by atoms with Gasteiger partial charge >= 0.3 is 0 Å². The number of para-hydroxylation sites is 1. The number of rotatable bonds is 3. The predicted molar refractivity (Wildman–Crippen MR) is 105 cm³/mol. The van der Waals surface area contributed by atoms with E-state index in [1.807, 2.05) is 37.3 Å². The summed E-state index contributed by atoms with van der Waals surface area (Å²) in [6, 6.07) is 16.2. The second kappa shape index (κ2) is 6.50. The average molecular weight is 411 g/mol. The molecule has 0 unspecified atom stereocenters. The van der Waals surface area contributed by atoms with Crippen LogP contribution in [-0.2, 0) is 6.61 Å². The fraction of sp³-hybridized carbons (Fsp3) is 0.0952. The summed E-state index contributed by atoms with van der Waals surface area (Å²) in [7, 11) is 0. The highest BCUT2D eigenvalue weighted by molar-refractivity contribution is 9.10. The molecule has 4 rings (SSSR count). The number of ether oxygens (including phenoxy) is 1. The van der Waals surface area contributed by atoms with Crippen LogP contribution in [0.25, 0.3) is 21.9 Å². The van der Waals surface area contributed by atoms with Crippen molar-refractivity contribution in [1.29, 1.82) is 0 Å². The second-order valence-corrected chi connectivity index (χ2v) is 7.03. The van der Waals surface area contributed by atoms with Gasteiger partial charge in [0.05, 0.1) is 5.39 Å². The van der Waals surface area contributed by atoms with Crippen molar-refractivity contribution < 1.29 is 14.3 Å². The van der Waals surface area contributed by atoms with Gasteiger partial charge in [0.2, 0.25) is 5.43 Å². The Kier molecular flexibility index (Phi) is 4.17. The van der Waals surface area contributed by atoms with Crippen LogP contribution in [0, 0.1) is 6.92 Å². The van der Waals surface area contributed by atoms with Crippen LogP contribution < -0.4 is 10.2 Å². The summed E-state index contributed by atoms with van der Waals surface area (Å²) >= 11 is 3.39. The summed E-state index contributed by atoms with van der Waals surface area (Å²) in [4.78, 5) is 12.7. The van der Waals surface area contributed by atoms with E-state index in [1.54, 1.807) is 18.2 Å². The molecule has 0 bridgehead atoms. The minimum absolute atomic E-state index is 0.148. The van der Waals surface area contributed by atoms with Crippen molar-refractivity contribution in [3.05, 3.63) is 80.4 Å². The Bertz CT molecular complexity index is 1180. The van der Waals surface area contributed by atoms with Gasteiger partial charge in [0, 0.05) is 16.6 Å². The molecule has 1 heterocycles. The van der Waals surface area contributed by atoms with Gasteiger partial charge in [0.15, 0.2) is 0 Å². The summed E-state index contributed by atoms with van der Waals surface area (Å²) in [6.07, 6.45) is 0. The lowest BCUT2D eigenvalue weighted by Gasteiger charge is -2.10. The van der Waals surface area contributed by atoms with Crippen molar-refractivity contribution in [1.82, 2.24) is 0 Å². The van der Waals surface area contributed by atoms with Crippen LogP contribution in [-0.4, -0.2) is 5.11 Å². The van der Waals surface area contributed by atoms with E-state index in [0.717, 1.165) is 15.6 Å². The van der Waals surface area contributed by atoms with Crippen molar-refractivity contribution in [3.63, 3.8) is 0 Å². The molecule has 4 aromatic rings. The number of aryl methyl sites for hydroxylation is 1. The Hall–Kier alpha value is -2.79. The summed E-state index contributed by atoms with van der Waals surface area (Å²) in [5.41, 5.74) is 2.43. The molecule has 26 heavy (non-hydrogen) atoms. The average Bonchev–Trinajstić information content (AvgIpc) is 2.62. The molecule has 0 spiro atoms. The molecular weight excluding hydrogens is 396 g/mol. The van der Waals surface area contributed by atoms with Crippen molar-refractivity contribution in [3.8, 4) is 11.5 Å². The normalized spacial score (nSPS) is 11.2. The van der Waals surface area contributed by atoms with Crippen molar-refractivity contribution in [2.24, 2.45) is 0 Å². The molecule has 0 saturated carbocycles. The summed E-state index contributed by atoms with van der Waals surface area (Å²) in [5, 5.41) is 11.0. The minimum atomic E-state index is -0.248. The maximum atomic E-state index is 12.7. The van der Waals surface area contributed by atoms with E-state index >= 15 is 0 Å². The van der Waals surface area contributed by atoms with Crippen molar-refractivity contribution in [2.45, 2.75) is 13.5 Å². The highest BCUT2D eigenvalue weighted by Gasteiger charge is 2.14.